The first-order chi connectivity index (χ1) is 6.03. The van der Waals surface area contributed by atoms with Crippen molar-refractivity contribution in [3.8, 4) is 0 Å². The van der Waals surface area contributed by atoms with Crippen LogP contribution < -0.4 is 4.72 Å². The lowest BCUT2D eigenvalue weighted by Gasteiger charge is -2.03. The maximum atomic E-state index is 11.0. The van der Waals surface area contributed by atoms with Crippen LogP contribution in [0.2, 0.25) is 0 Å². The van der Waals surface area contributed by atoms with Crippen molar-refractivity contribution < 1.29 is 8.42 Å². The molecule has 0 aromatic carbocycles. The molecule has 6 heteroatoms. The molecule has 1 heterocycles. The molecule has 0 bridgehead atoms. The van der Waals surface area contributed by atoms with Gasteiger partial charge in [-0.25, -0.2) is 8.42 Å². The summed E-state index contributed by atoms with van der Waals surface area (Å²) >= 11 is 5.20. The van der Waals surface area contributed by atoms with Gasteiger partial charge in [-0.05, 0) is 19.1 Å². The SMILES string of the molecule is Cc1ccc(NS(=O)(=O)CCl)cn1. The number of rotatable bonds is 3. The van der Waals surface area contributed by atoms with E-state index in [1.165, 1.54) is 6.20 Å². The van der Waals surface area contributed by atoms with Crippen LogP contribution in [0.5, 0.6) is 0 Å². The Balaban J connectivity index is 2.82. The molecule has 1 aromatic rings. The van der Waals surface area contributed by atoms with Gasteiger partial charge >= 0.3 is 0 Å². The van der Waals surface area contributed by atoms with E-state index < -0.39 is 15.2 Å². The lowest BCUT2D eigenvalue weighted by Crippen LogP contribution is -2.13. The molecule has 72 valence electrons. The quantitative estimate of drug-likeness (QED) is 0.782. The van der Waals surface area contributed by atoms with Crippen LogP contribution in [0.1, 0.15) is 5.69 Å². The van der Waals surface area contributed by atoms with Crippen molar-refractivity contribution in [2.24, 2.45) is 0 Å². The van der Waals surface area contributed by atoms with Gasteiger partial charge in [0.05, 0.1) is 11.9 Å². The van der Waals surface area contributed by atoms with E-state index in [1.54, 1.807) is 12.1 Å². The molecule has 13 heavy (non-hydrogen) atoms. The maximum Gasteiger partial charge on any atom is 0.246 e. The minimum atomic E-state index is -3.41. The van der Waals surface area contributed by atoms with Gasteiger partial charge in [0.15, 0.2) is 0 Å². The Morgan fingerprint density at radius 2 is 2.23 bits per heavy atom. The molecule has 4 nitrogen and oxygen atoms in total. The molecule has 0 saturated heterocycles. The average Bonchev–Trinajstić information content (AvgIpc) is 2.09. The van der Waals surface area contributed by atoms with Crippen LogP contribution in [-0.2, 0) is 10.0 Å². The molecule has 0 spiro atoms. The normalized spacial score (nSPS) is 11.2. The van der Waals surface area contributed by atoms with Crippen LogP contribution in [-0.4, -0.2) is 18.6 Å². The van der Waals surface area contributed by atoms with Crippen molar-refractivity contribution >= 4 is 27.3 Å². The minimum Gasteiger partial charge on any atom is -0.281 e. The Bertz CT molecular complexity index is 374. The zero-order valence-corrected chi connectivity index (χ0v) is 8.56. The summed E-state index contributed by atoms with van der Waals surface area (Å²) in [4.78, 5) is 3.93. The third kappa shape index (κ3) is 3.20. The van der Waals surface area contributed by atoms with E-state index in [9.17, 15) is 8.42 Å². The molecular formula is C7H9ClN2O2S. The predicted molar refractivity (Wildman–Crippen MR) is 52.2 cm³/mol. The number of nitrogens with one attached hydrogen (secondary N) is 1. The number of aryl methyl sites for hydroxylation is 1. The minimum absolute atomic E-state index is 0.422. The molecule has 0 aliphatic rings. The predicted octanol–water partition coefficient (Wildman–Crippen LogP) is 1.33. The second-order valence-corrected chi connectivity index (χ2v) is 4.82. The molecule has 0 aliphatic carbocycles. The van der Waals surface area contributed by atoms with Crippen LogP contribution in [0.4, 0.5) is 5.69 Å². The van der Waals surface area contributed by atoms with Crippen LogP contribution >= 0.6 is 11.6 Å². The largest absolute Gasteiger partial charge is 0.281 e. The third-order valence-electron chi connectivity index (χ3n) is 1.33. The van der Waals surface area contributed by atoms with Gasteiger partial charge in [0, 0.05) is 5.69 Å². The highest BCUT2D eigenvalue weighted by Gasteiger charge is 2.07. The lowest BCUT2D eigenvalue weighted by molar-refractivity contribution is 0.605. The van der Waals surface area contributed by atoms with E-state index in [2.05, 4.69) is 9.71 Å². The Kier molecular flexibility index (Phi) is 3.11. The molecule has 0 saturated carbocycles. The topological polar surface area (TPSA) is 59.1 Å². The highest BCUT2D eigenvalue weighted by atomic mass is 35.5. The summed E-state index contributed by atoms with van der Waals surface area (Å²) in [5, 5.41) is -0.457. The molecule has 0 radical (unpaired) electrons. The summed E-state index contributed by atoms with van der Waals surface area (Å²) in [6, 6.07) is 3.35. The monoisotopic (exact) mass is 220 g/mol. The number of pyridine rings is 1. The molecule has 1 rings (SSSR count). The fraction of sp³-hybridized carbons (Fsp3) is 0.286. The van der Waals surface area contributed by atoms with Crippen molar-refractivity contribution in [3.63, 3.8) is 0 Å². The molecule has 1 aromatic heterocycles. The van der Waals surface area contributed by atoms with Gasteiger partial charge in [-0.2, -0.15) is 0 Å². The second kappa shape index (κ2) is 3.93. The molecule has 0 aliphatic heterocycles. The lowest BCUT2D eigenvalue weighted by atomic mass is 10.4. The zero-order valence-electron chi connectivity index (χ0n) is 6.99. The van der Waals surface area contributed by atoms with Crippen molar-refractivity contribution in [1.82, 2.24) is 4.98 Å². The van der Waals surface area contributed by atoms with E-state index >= 15 is 0 Å². The van der Waals surface area contributed by atoms with Crippen LogP contribution in [0.3, 0.4) is 0 Å². The molecule has 0 fully saturated rings. The molecule has 0 amide bonds. The van der Waals surface area contributed by atoms with E-state index in [-0.39, 0.29) is 0 Å². The first-order valence-electron chi connectivity index (χ1n) is 3.52. The molecule has 0 unspecified atom stereocenters. The van der Waals surface area contributed by atoms with E-state index in [1.807, 2.05) is 6.92 Å². The van der Waals surface area contributed by atoms with Gasteiger partial charge < -0.3 is 0 Å². The number of aromatic nitrogens is 1. The summed E-state index contributed by atoms with van der Waals surface area (Å²) < 4.78 is 24.2. The number of nitrogens with zero attached hydrogens (tertiary/aromatic N) is 1. The average molecular weight is 221 g/mol. The number of sulfonamides is 1. The Hall–Kier alpha value is -0.810. The molecule has 0 atom stereocenters. The van der Waals surface area contributed by atoms with Crippen molar-refractivity contribution in [3.05, 3.63) is 24.0 Å². The first-order valence-corrected chi connectivity index (χ1v) is 5.71. The number of hydrogen-bond acceptors (Lipinski definition) is 3. The Morgan fingerprint density at radius 1 is 1.54 bits per heavy atom. The van der Waals surface area contributed by atoms with E-state index in [4.69, 9.17) is 11.6 Å². The summed E-state index contributed by atoms with van der Waals surface area (Å²) in [6.45, 7) is 1.82. The maximum absolute atomic E-state index is 11.0. The fourth-order valence-corrected chi connectivity index (χ4v) is 1.43. The van der Waals surface area contributed by atoms with Crippen molar-refractivity contribution in [2.45, 2.75) is 6.92 Å². The molecule has 1 N–H and O–H groups in total. The summed E-state index contributed by atoms with van der Waals surface area (Å²) in [6.07, 6.45) is 1.44. The van der Waals surface area contributed by atoms with Crippen molar-refractivity contribution in [1.29, 1.82) is 0 Å². The van der Waals surface area contributed by atoms with Crippen LogP contribution in [0.15, 0.2) is 18.3 Å². The van der Waals surface area contributed by atoms with Gasteiger partial charge in [0.1, 0.15) is 5.21 Å². The van der Waals surface area contributed by atoms with Gasteiger partial charge in [0.25, 0.3) is 0 Å². The number of alkyl halides is 1. The number of halogens is 1. The van der Waals surface area contributed by atoms with Gasteiger partial charge in [-0.3, -0.25) is 9.71 Å². The van der Waals surface area contributed by atoms with Gasteiger partial charge in [-0.15, -0.1) is 11.6 Å². The second-order valence-electron chi connectivity index (χ2n) is 2.51. The Morgan fingerprint density at radius 3 is 2.69 bits per heavy atom. The number of hydrogen-bond donors (Lipinski definition) is 1. The summed E-state index contributed by atoms with van der Waals surface area (Å²) in [5.41, 5.74) is 1.25. The third-order valence-corrected chi connectivity index (χ3v) is 3.02. The van der Waals surface area contributed by atoms with Crippen LogP contribution in [0, 0.1) is 6.92 Å². The zero-order chi connectivity index (χ0) is 9.90. The summed E-state index contributed by atoms with van der Waals surface area (Å²) in [5.74, 6) is 0. The highest BCUT2D eigenvalue weighted by Crippen LogP contribution is 2.08. The van der Waals surface area contributed by atoms with E-state index in [0.717, 1.165) is 5.69 Å². The van der Waals surface area contributed by atoms with E-state index in [0.29, 0.717) is 5.69 Å². The Labute approximate surface area is 82.0 Å². The fourth-order valence-electron chi connectivity index (χ4n) is 0.735. The van der Waals surface area contributed by atoms with Gasteiger partial charge in [-0.1, -0.05) is 0 Å². The van der Waals surface area contributed by atoms with Crippen molar-refractivity contribution in [2.75, 3.05) is 9.93 Å². The highest BCUT2D eigenvalue weighted by molar-refractivity contribution is 7.93. The van der Waals surface area contributed by atoms with Gasteiger partial charge in [0.2, 0.25) is 10.0 Å². The first kappa shape index (κ1) is 10.3. The van der Waals surface area contributed by atoms with Crippen LogP contribution in [0.25, 0.3) is 0 Å². The smallest absolute Gasteiger partial charge is 0.246 e. The number of anilines is 1. The standard InChI is InChI=1S/C7H9ClN2O2S/c1-6-2-3-7(4-9-6)10-13(11,12)5-8/h2-4,10H,5H2,1H3. The summed E-state index contributed by atoms with van der Waals surface area (Å²) in [7, 11) is -3.41. The molecular weight excluding hydrogens is 212 g/mol.